The fourth-order valence-corrected chi connectivity index (χ4v) is 6.27. The number of fused-ring (bicyclic) bond motifs is 4. The summed E-state index contributed by atoms with van der Waals surface area (Å²) in [5.74, 6) is 0.958. The molecule has 174 valence electrons. The summed E-state index contributed by atoms with van der Waals surface area (Å²) in [6.07, 6.45) is 2.55. The Balaban J connectivity index is 1.32. The van der Waals surface area contributed by atoms with E-state index in [2.05, 4.69) is 74.4 Å². The van der Waals surface area contributed by atoms with Gasteiger partial charge in [0.1, 0.15) is 5.75 Å². The summed E-state index contributed by atoms with van der Waals surface area (Å²) in [6, 6.07) is 22.7. The lowest BCUT2D eigenvalue weighted by Crippen LogP contribution is -2.59. The van der Waals surface area contributed by atoms with Gasteiger partial charge in [-0.15, -0.1) is 0 Å². The van der Waals surface area contributed by atoms with Crippen LogP contribution in [0.2, 0.25) is 10.0 Å². The molecule has 3 aliphatic heterocycles. The highest BCUT2D eigenvalue weighted by molar-refractivity contribution is 9.10. The van der Waals surface area contributed by atoms with Crippen molar-refractivity contribution in [3.05, 3.63) is 97.9 Å². The Morgan fingerprint density at radius 1 is 1.00 bits per heavy atom. The Kier molecular flexibility index (Phi) is 5.85. The first-order chi connectivity index (χ1) is 16.5. The first-order valence-electron chi connectivity index (χ1n) is 11.6. The number of rotatable bonds is 3. The largest absolute Gasteiger partial charge is 0.466 e. The number of hydrogen-bond acceptors (Lipinski definition) is 4. The van der Waals surface area contributed by atoms with Gasteiger partial charge in [-0.25, -0.2) is 5.01 Å². The maximum Gasteiger partial charge on any atom is 0.200 e. The van der Waals surface area contributed by atoms with Crippen LogP contribution in [0, 0.1) is 0 Å². The predicted molar refractivity (Wildman–Crippen MR) is 141 cm³/mol. The van der Waals surface area contributed by atoms with Crippen molar-refractivity contribution in [2.24, 2.45) is 5.10 Å². The molecular formula is C27H24BrCl2N3O. The third-order valence-electron chi connectivity index (χ3n) is 7.09. The van der Waals surface area contributed by atoms with Crippen LogP contribution in [0.3, 0.4) is 0 Å². The lowest BCUT2D eigenvalue weighted by molar-refractivity contribution is -0.150. The third kappa shape index (κ3) is 4.03. The summed E-state index contributed by atoms with van der Waals surface area (Å²) in [4.78, 5) is 2.51. The molecule has 3 aliphatic rings. The summed E-state index contributed by atoms with van der Waals surface area (Å²) in [5, 5.41) is 8.64. The molecule has 1 saturated heterocycles. The minimum absolute atomic E-state index is 0.115. The number of benzene rings is 3. The fraction of sp³-hybridized carbons (Fsp3) is 0.296. The molecule has 3 heterocycles. The quantitative estimate of drug-likeness (QED) is 0.339. The van der Waals surface area contributed by atoms with Gasteiger partial charge >= 0.3 is 0 Å². The molecule has 1 spiro atoms. The number of likely N-dealkylation sites (tertiary alicyclic amines) is 1. The Morgan fingerprint density at radius 3 is 2.56 bits per heavy atom. The van der Waals surface area contributed by atoms with Crippen LogP contribution in [0.1, 0.15) is 42.0 Å². The highest BCUT2D eigenvalue weighted by Gasteiger charge is 2.52. The van der Waals surface area contributed by atoms with Crippen LogP contribution in [0.25, 0.3) is 0 Å². The van der Waals surface area contributed by atoms with Gasteiger partial charge in [-0.1, -0.05) is 75.5 Å². The first kappa shape index (κ1) is 22.4. The number of ether oxygens (including phenoxy) is 1. The molecule has 3 aromatic carbocycles. The standard InChI is InChI=1S/C27H24BrCl2N3O/c28-19-6-9-26-22(14-19)25-16-24(21-8-7-20(29)15-23(21)30)31-33(25)27(34-26)10-12-32(13-11-27)17-18-4-2-1-3-5-18/h1-9,14-15,25H,10-13,16-17H2/t25-/m1/s1. The minimum Gasteiger partial charge on any atom is -0.466 e. The molecule has 0 aliphatic carbocycles. The summed E-state index contributed by atoms with van der Waals surface area (Å²) in [5.41, 5.74) is 3.97. The van der Waals surface area contributed by atoms with Crippen LogP contribution >= 0.6 is 39.1 Å². The molecular weight excluding hydrogens is 533 g/mol. The van der Waals surface area contributed by atoms with Crippen molar-refractivity contribution in [1.29, 1.82) is 0 Å². The van der Waals surface area contributed by atoms with E-state index < -0.39 is 5.72 Å². The van der Waals surface area contributed by atoms with Crippen molar-refractivity contribution >= 4 is 44.8 Å². The van der Waals surface area contributed by atoms with Gasteiger partial charge in [-0.05, 0) is 35.9 Å². The maximum absolute atomic E-state index is 6.78. The van der Waals surface area contributed by atoms with Crippen LogP contribution in [0.5, 0.6) is 5.75 Å². The van der Waals surface area contributed by atoms with Gasteiger partial charge in [-0.2, -0.15) is 5.10 Å². The van der Waals surface area contributed by atoms with Crippen molar-refractivity contribution in [3.63, 3.8) is 0 Å². The second-order valence-corrected chi connectivity index (χ2v) is 11.0. The lowest BCUT2D eigenvalue weighted by atomic mass is 9.90. The Bertz CT molecular complexity index is 1260. The van der Waals surface area contributed by atoms with E-state index >= 15 is 0 Å². The second kappa shape index (κ2) is 8.87. The van der Waals surface area contributed by atoms with Gasteiger partial charge in [0.2, 0.25) is 5.72 Å². The maximum atomic E-state index is 6.78. The van der Waals surface area contributed by atoms with Crippen LogP contribution < -0.4 is 4.74 Å². The smallest absolute Gasteiger partial charge is 0.200 e. The molecule has 0 saturated carbocycles. The molecule has 34 heavy (non-hydrogen) atoms. The van der Waals surface area contributed by atoms with Gasteiger partial charge in [0.25, 0.3) is 0 Å². The number of hydrazone groups is 1. The van der Waals surface area contributed by atoms with Gasteiger partial charge in [0, 0.05) is 59.5 Å². The second-order valence-electron chi connectivity index (χ2n) is 9.23. The molecule has 7 heteroatoms. The molecule has 6 rings (SSSR count). The third-order valence-corrected chi connectivity index (χ3v) is 8.13. The number of piperidine rings is 1. The normalized spacial score (nSPS) is 21.1. The molecule has 1 atom stereocenters. The van der Waals surface area contributed by atoms with Crippen LogP contribution in [0.4, 0.5) is 0 Å². The Morgan fingerprint density at radius 2 is 1.79 bits per heavy atom. The summed E-state index contributed by atoms with van der Waals surface area (Å²) >= 11 is 16.4. The van der Waals surface area contributed by atoms with Gasteiger partial charge in [0.05, 0.1) is 16.8 Å². The van der Waals surface area contributed by atoms with Crippen molar-refractivity contribution in [2.75, 3.05) is 13.1 Å². The van der Waals surface area contributed by atoms with Crippen molar-refractivity contribution in [1.82, 2.24) is 9.91 Å². The number of halogens is 3. The highest BCUT2D eigenvalue weighted by Crippen LogP contribution is 2.51. The van der Waals surface area contributed by atoms with E-state index in [1.54, 1.807) is 6.07 Å². The van der Waals surface area contributed by atoms with E-state index in [0.717, 1.165) is 66.0 Å². The van der Waals surface area contributed by atoms with Gasteiger partial charge in [-0.3, -0.25) is 4.90 Å². The van der Waals surface area contributed by atoms with E-state index in [4.69, 9.17) is 33.0 Å². The lowest BCUT2D eigenvalue weighted by Gasteiger charge is -2.51. The molecule has 0 radical (unpaired) electrons. The van der Waals surface area contributed by atoms with Crippen molar-refractivity contribution in [3.8, 4) is 5.75 Å². The molecule has 1 fully saturated rings. The first-order valence-corrected chi connectivity index (χ1v) is 13.1. The zero-order chi connectivity index (χ0) is 23.3. The zero-order valence-electron chi connectivity index (χ0n) is 18.6. The van der Waals surface area contributed by atoms with Gasteiger partial charge in [0.15, 0.2) is 0 Å². The monoisotopic (exact) mass is 555 g/mol. The molecule has 0 aromatic heterocycles. The van der Waals surface area contributed by atoms with Crippen LogP contribution in [-0.2, 0) is 6.54 Å². The number of nitrogens with zero attached hydrogens (tertiary/aromatic N) is 3. The van der Waals surface area contributed by atoms with Crippen molar-refractivity contribution < 1.29 is 4.74 Å². The summed E-state index contributed by atoms with van der Waals surface area (Å²) in [6.45, 7) is 2.87. The molecule has 0 unspecified atom stereocenters. The Labute approximate surface area is 218 Å². The minimum atomic E-state index is -0.459. The molecule has 0 N–H and O–H groups in total. The fourth-order valence-electron chi connectivity index (χ4n) is 5.37. The molecule has 3 aromatic rings. The van der Waals surface area contributed by atoms with Crippen molar-refractivity contribution in [2.45, 2.75) is 37.6 Å². The van der Waals surface area contributed by atoms with Crippen LogP contribution in [0.15, 0.2) is 76.3 Å². The molecule has 4 nitrogen and oxygen atoms in total. The topological polar surface area (TPSA) is 28.1 Å². The average molecular weight is 557 g/mol. The van der Waals surface area contributed by atoms with Gasteiger partial charge < -0.3 is 4.74 Å². The number of hydrogen-bond donors (Lipinski definition) is 0. The highest BCUT2D eigenvalue weighted by atomic mass is 79.9. The van der Waals surface area contributed by atoms with E-state index in [-0.39, 0.29) is 6.04 Å². The summed E-state index contributed by atoms with van der Waals surface area (Å²) in [7, 11) is 0. The predicted octanol–water partition coefficient (Wildman–Crippen LogP) is 7.29. The molecule has 0 bridgehead atoms. The molecule has 0 amide bonds. The Hall–Kier alpha value is -2.05. The zero-order valence-corrected chi connectivity index (χ0v) is 21.7. The SMILES string of the molecule is Clc1ccc(C2=NN3[C@H](C2)c2cc(Br)ccc2OC32CCN(Cc3ccccc3)CC2)c(Cl)c1. The van der Waals surface area contributed by atoms with E-state index in [0.29, 0.717) is 10.0 Å². The summed E-state index contributed by atoms with van der Waals surface area (Å²) < 4.78 is 7.82. The van der Waals surface area contributed by atoms with E-state index in [1.807, 2.05) is 12.1 Å². The van der Waals surface area contributed by atoms with Crippen LogP contribution in [-0.4, -0.2) is 34.4 Å². The average Bonchev–Trinajstić information content (AvgIpc) is 3.28. The van der Waals surface area contributed by atoms with E-state index in [9.17, 15) is 0 Å². The van der Waals surface area contributed by atoms with E-state index in [1.165, 1.54) is 5.56 Å².